The number of benzene rings is 1. The summed E-state index contributed by atoms with van der Waals surface area (Å²) >= 11 is 5.98. The van der Waals surface area contributed by atoms with Crippen LogP contribution in [0.25, 0.3) is 0 Å². The third-order valence-corrected chi connectivity index (χ3v) is 4.96. The molecule has 0 fully saturated rings. The Labute approximate surface area is 158 Å². The van der Waals surface area contributed by atoms with E-state index < -0.39 is 10.0 Å². The summed E-state index contributed by atoms with van der Waals surface area (Å²) in [5, 5.41) is 3.09. The minimum atomic E-state index is -3.63. The molecule has 0 saturated carbocycles. The molecule has 9 heteroatoms. The van der Waals surface area contributed by atoms with Gasteiger partial charge in [-0.05, 0) is 30.3 Å². The molecule has 1 amide bonds. The number of halogens is 1. The fourth-order valence-corrected chi connectivity index (χ4v) is 3.40. The van der Waals surface area contributed by atoms with Gasteiger partial charge >= 0.3 is 0 Å². The monoisotopic (exact) mass is 397 g/mol. The van der Waals surface area contributed by atoms with Gasteiger partial charge in [0.2, 0.25) is 15.9 Å². The molecular weight excluding hydrogens is 378 g/mol. The van der Waals surface area contributed by atoms with E-state index in [2.05, 4.69) is 10.3 Å². The second-order valence-electron chi connectivity index (χ2n) is 5.50. The van der Waals surface area contributed by atoms with Crippen LogP contribution < -0.4 is 14.4 Å². The quantitative estimate of drug-likeness (QED) is 0.737. The number of hydrogen-bond donors (Lipinski definition) is 1. The normalized spacial score (nSPS) is 11.0. The molecule has 0 atom stereocenters. The van der Waals surface area contributed by atoms with Crippen LogP contribution in [0, 0.1) is 0 Å². The van der Waals surface area contributed by atoms with Gasteiger partial charge in [0, 0.05) is 24.2 Å². The Balaban J connectivity index is 2.07. The number of ether oxygens (including phenoxy) is 1. The van der Waals surface area contributed by atoms with E-state index in [1.165, 1.54) is 13.2 Å². The Morgan fingerprint density at radius 2 is 2.08 bits per heavy atom. The van der Waals surface area contributed by atoms with Crippen LogP contribution in [0.15, 0.2) is 42.6 Å². The SMILES string of the molecule is COc1ccc(Cl)cc1N(CCC(=O)NCc1ccccn1)S(C)(=O)=O. The summed E-state index contributed by atoms with van der Waals surface area (Å²) < 4.78 is 30.7. The maximum absolute atomic E-state index is 12.2. The highest BCUT2D eigenvalue weighted by molar-refractivity contribution is 7.92. The maximum Gasteiger partial charge on any atom is 0.232 e. The molecule has 0 aliphatic carbocycles. The van der Waals surface area contributed by atoms with Gasteiger partial charge < -0.3 is 10.1 Å². The molecule has 0 spiro atoms. The molecule has 0 saturated heterocycles. The smallest absolute Gasteiger partial charge is 0.232 e. The molecule has 0 unspecified atom stereocenters. The van der Waals surface area contributed by atoms with Crippen LogP contribution in [0.4, 0.5) is 5.69 Å². The standard InChI is InChI=1S/C17H20ClN3O4S/c1-25-16-7-6-13(18)11-15(16)21(26(2,23)24)10-8-17(22)20-12-14-5-3-4-9-19-14/h3-7,9,11H,8,10,12H2,1-2H3,(H,20,22). The number of nitrogens with one attached hydrogen (secondary N) is 1. The van der Waals surface area contributed by atoms with Crippen molar-refractivity contribution >= 4 is 33.2 Å². The topological polar surface area (TPSA) is 88.6 Å². The number of pyridine rings is 1. The van der Waals surface area contributed by atoms with E-state index >= 15 is 0 Å². The number of rotatable bonds is 8. The Bertz CT molecular complexity index is 860. The van der Waals surface area contributed by atoms with E-state index in [4.69, 9.17) is 16.3 Å². The van der Waals surface area contributed by atoms with Gasteiger partial charge in [0.05, 0.1) is 31.3 Å². The molecule has 1 N–H and O–H groups in total. The third kappa shape index (κ3) is 5.60. The summed E-state index contributed by atoms with van der Waals surface area (Å²) in [5.74, 6) is 0.0685. The molecule has 0 radical (unpaired) electrons. The van der Waals surface area contributed by atoms with Crippen LogP contribution in [0.3, 0.4) is 0 Å². The van der Waals surface area contributed by atoms with E-state index in [0.717, 1.165) is 16.3 Å². The second-order valence-corrected chi connectivity index (χ2v) is 7.84. The van der Waals surface area contributed by atoms with Gasteiger partial charge in [0.1, 0.15) is 5.75 Å². The summed E-state index contributed by atoms with van der Waals surface area (Å²) in [7, 11) is -2.19. The molecule has 2 aromatic rings. The average Bonchev–Trinajstić information content (AvgIpc) is 2.60. The number of amides is 1. The van der Waals surface area contributed by atoms with Crippen LogP contribution in [0.1, 0.15) is 12.1 Å². The zero-order valence-corrected chi connectivity index (χ0v) is 16.0. The van der Waals surface area contributed by atoms with Gasteiger partial charge in [-0.15, -0.1) is 0 Å². The zero-order valence-electron chi connectivity index (χ0n) is 14.5. The number of hydrogen-bond acceptors (Lipinski definition) is 5. The summed E-state index contributed by atoms with van der Waals surface area (Å²) in [5.41, 5.74) is 1.01. The summed E-state index contributed by atoms with van der Waals surface area (Å²) in [4.78, 5) is 16.2. The lowest BCUT2D eigenvalue weighted by Gasteiger charge is -2.24. The second kappa shape index (κ2) is 8.86. The van der Waals surface area contributed by atoms with Crippen molar-refractivity contribution in [2.45, 2.75) is 13.0 Å². The van der Waals surface area contributed by atoms with Crippen LogP contribution in [0.5, 0.6) is 5.75 Å². The Kier molecular flexibility index (Phi) is 6.82. The largest absolute Gasteiger partial charge is 0.495 e. The lowest BCUT2D eigenvalue weighted by atomic mass is 10.2. The van der Waals surface area contributed by atoms with E-state index in [0.29, 0.717) is 16.5 Å². The van der Waals surface area contributed by atoms with Crippen LogP contribution in [0.2, 0.25) is 5.02 Å². The first-order valence-corrected chi connectivity index (χ1v) is 10.0. The maximum atomic E-state index is 12.2. The Hall–Kier alpha value is -2.32. The summed E-state index contributed by atoms with van der Waals surface area (Å²) in [6, 6.07) is 10.1. The van der Waals surface area contributed by atoms with Crippen LogP contribution in [-0.4, -0.2) is 39.2 Å². The van der Waals surface area contributed by atoms with Crippen molar-refractivity contribution in [3.8, 4) is 5.75 Å². The van der Waals surface area contributed by atoms with Crippen LogP contribution >= 0.6 is 11.6 Å². The number of methoxy groups -OCH3 is 1. The number of nitrogens with zero attached hydrogens (tertiary/aromatic N) is 2. The fourth-order valence-electron chi connectivity index (χ4n) is 2.31. The number of sulfonamides is 1. The van der Waals surface area contributed by atoms with Crippen molar-refractivity contribution in [3.05, 3.63) is 53.3 Å². The molecule has 0 aliphatic rings. The highest BCUT2D eigenvalue weighted by atomic mass is 35.5. The van der Waals surface area contributed by atoms with Crippen molar-refractivity contribution in [1.29, 1.82) is 0 Å². The van der Waals surface area contributed by atoms with Crippen molar-refractivity contribution in [2.24, 2.45) is 0 Å². The molecule has 2 rings (SSSR count). The third-order valence-electron chi connectivity index (χ3n) is 3.54. The predicted octanol–water partition coefficient (Wildman–Crippen LogP) is 2.22. The predicted molar refractivity (Wildman–Crippen MR) is 101 cm³/mol. The Morgan fingerprint density at radius 1 is 1.31 bits per heavy atom. The lowest BCUT2D eigenvalue weighted by Crippen LogP contribution is -2.34. The molecule has 0 aliphatic heterocycles. The fraction of sp³-hybridized carbons (Fsp3) is 0.294. The van der Waals surface area contributed by atoms with Gasteiger partial charge in [0.25, 0.3) is 0 Å². The van der Waals surface area contributed by atoms with Gasteiger partial charge in [-0.3, -0.25) is 14.1 Å². The molecule has 140 valence electrons. The first-order valence-electron chi connectivity index (χ1n) is 7.79. The minimum Gasteiger partial charge on any atom is -0.495 e. The highest BCUT2D eigenvalue weighted by Gasteiger charge is 2.22. The zero-order chi connectivity index (χ0) is 19.2. The molecule has 1 aromatic heterocycles. The van der Waals surface area contributed by atoms with Gasteiger partial charge in [-0.1, -0.05) is 17.7 Å². The number of anilines is 1. The number of carbonyl (C=O) groups excluding carboxylic acids is 1. The molecule has 0 bridgehead atoms. The average molecular weight is 398 g/mol. The lowest BCUT2D eigenvalue weighted by molar-refractivity contribution is -0.121. The van der Waals surface area contributed by atoms with Crippen LogP contribution in [-0.2, 0) is 21.4 Å². The van der Waals surface area contributed by atoms with E-state index in [1.807, 2.05) is 6.07 Å². The van der Waals surface area contributed by atoms with Crippen molar-refractivity contribution < 1.29 is 17.9 Å². The molecule has 1 heterocycles. The van der Waals surface area contributed by atoms with E-state index in [1.54, 1.807) is 30.5 Å². The number of aromatic nitrogens is 1. The van der Waals surface area contributed by atoms with E-state index in [9.17, 15) is 13.2 Å². The van der Waals surface area contributed by atoms with Gasteiger partial charge in [-0.2, -0.15) is 0 Å². The first kappa shape index (κ1) is 20.0. The van der Waals surface area contributed by atoms with Gasteiger partial charge in [0.15, 0.2) is 0 Å². The first-order chi connectivity index (χ1) is 12.3. The van der Waals surface area contributed by atoms with Crippen molar-refractivity contribution in [2.75, 3.05) is 24.2 Å². The molecule has 26 heavy (non-hydrogen) atoms. The minimum absolute atomic E-state index is 0.0183. The van der Waals surface area contributed by atoms with Crippen molar-refractivity contribution in [3.63, 3.8) is 0 Å². The Morgan fingerprint density at radius 3 is 2.69 bits per heavy atom. The van der Waals surface area contributed by atoms with Gasteiger partial charge in [-0.25, -0.2) is 8.42 Å². The summed E-state index contributed by atoms with van der Waals surface area (Å²) in [6.45, 7) is 0.239. The highest BCUT2D eigenvalue weighted by Crippen LogP contribution is 2.32. The summed E-state index contributed by atoms with van der Waals surface area (Å²) in [6.07, 6.45) is 2.69. The molecular formula is C17H20ClN3O4S. The van der Waals surface area contributed by atoms with E-state index in [-0.39, 0.29) is 25.4 Å². The van der Waals surface area contributed by atoms with Crippen molar-refractivity contribution in [1.82, 2.24) is 10.3 Å². The number of carbonyl (C=O) groups is 1. The molecule has 1 aromatic carbocycles. The molecule has 7 nitrogen and oxygen atoms in total.